The van der Waals surface area contributed by atoms with E-state index in [2.05, 4.69) is 4.90 Å². The van der Waals surface area contributed by atoms with E-state index < -0.39 is 6.29 Å². The number of fused-ring (bicyclic) bond motifs is 1. The maximum absolute atomic E-state index is 13.2. The van der Waals surface area contributed by atoms with Gasteiger partial charge in [-0.2, -0.15) is 0 Å². The summed E-state index contributed by atoms with van der Waals surface area (Å²) in [6.07, 6.45) is -0.287. The molecular weight excluding hydrogens is 209 g/mol. The fourth-order valence-corrected chi connectivity index (χ4v) is 2.27. The molecule has 1 aliphatic rings. The number of hydrogen-bond acceptors (Lipinski definition) is 3. The summed E-state index contributed by atoms with van der Waals surface area (Å²) in [6.45, 7) is 0.791. The van der Waals surface area contributed by atoms with Crippen LogP contribution < -0.4 is 4.90 Å². The molecule has 0 saturated carbocycles. The van der Waals surface area contributed by atoms with Crippen molar-refractivity contribution in [1.29, 1.82) is 0 Å². The van der Waals surface area contributed by atoms with Gasteiger partial charge in [-0.05, 0) is 23.8 Å². The van der Waals surface area contributed by atoms with Gasteiger partial charge in [0.15, 0.2) is 6.29 Å². The van der Waals surface area contributed by atoms with Gasteiger partial charge in [0, 0.05) is 38.7 Å². The Morgan fingerprint density at radius 2 is 2.38 bits per heavy atom. The van der Waals surface area contributed by atoms with E-state index in [9.17, 15) is 9.50 Å². The lowest BCUT2D eigenvalue weighted by Gasteiger charge is -2.15. The standard InChI is InChI=1S/C12H16FNO2/c1-14-7-8(5-12(15)16-2)10-6-9(13)3-4-11(10)14/h3-4,6,8,12,15H,5,7H2,1-2H3. The number of nitrogens with zero attached hydrogens (tertiary/aromatic N) is 1. The molecule has 0 spiro atoms. The Hall–Kier alpha value is -1.13. The number of rotatable bonds is 3. The van der Waals surface area contributed by atoms with Gasteiger partial charge >= 0.3 is 0 Å². The molecule has 0 fully saturated rings. The summed E-state index contributed by atoms with van der Waals surface area (Å²) in [4.78, 5) is 2.07. The van der Waals surface area contributed by atoms with Crippen molar-refractivity contribution >= 4 is 5.69 Å². The third-order valence-corrected chi connectivity index (χ3v) is 3.09. The van der Waals surface area contributed by atoms with Gasteiger partial charge in [-0.15, -0.1) is 0 Å². The minimum atomic E-state index is -0.785. The second-order valence-corrected chi connectivity index (χ2v) is 4.21. The monoisotopic (exact) mass is 225 g/mol. The lowest BCUT2D eigenvalue weighted by molar-refractivity contribution is -0.0813. The fraction of sp³-hybridized carbons (Fsp3) is 0.500. The zero-order chi connectivity index (χ0) is 11.7. The summed E-state index contributed by atoms with van der Waals surface area (Å²) in [6, 6.07) is 4.79. The Morgan fingerprint density at radius 1 is 1.62 bits per heavy atom. The highest BCUT2D eigenvalue weighted by Crippen LogP contribution is 2.38. The number of likely N-dealkylation sites (N-methyl/N-ethyl adjacent to an activating group) is 1. The van der Waals surface area contributed by atoms with Crippen LogP contribution in [0, 0.1) is 5.82 Å². The summed E-state index contributed by atoms with van der Waals surface area (Å²) in [5.41, 5.74) is 1.99. The average Bonchev–Trinajstić information content (AvgIpc) is 2.55. The first-order valence-corrected chi connectivity index (χ1v) is 5.33. The predicted octanol–water partition coefficient (Wildman–Crippen LogP) is 1.71. The first-order chi connectivity index (χ1) is 7.61. The van der Waals surface area contributed by atoms with Crippen LogP contribution >= 0.6 is 0 Å². The van der Waals surface area contributed by atoms with E-state index in [-0.39, 0.29) is 11.7 Å². The van der Waals surface area contributed by atoms with Crippen LogP contribution in [0.3, 0.4) is 0 Å². The molecule has 0 saturated heterocycles. The van der Waals surface area contributed by atoms with Crippen molar-refractivity contribution in [3.05, 3.63) is 29.6 Å². The van der Waals surface area contributed by atoms with Crippen molar-refractivity contribution in [2.75, 3.05) is 25.6 Å². The molecule has 4 heteroatoms. The van der Waals surface area contributed by atoms with E-state index in [1.54, 1.807) is 12.1 Å². The van der Waals surface area contributed by atoms with Crippen LogP contribution in [-0.4, -0.2) is 32.1 Å². The van der Waals surface area contributed by atoms with Crippen molar-refractivity contribution in [2.24, 2.45) is 0 Å². The predicted molar refractivity (Wildman–Crippen MR) is 60.0 cm³/mol. The number of anilines is 1. The van der Waals surface area contributed by atoms with E-state index in [1.807, 2.05) is 7.05 Å². The Labute approximate surface area is 94.4 Å². The van der Waals surface area contributed by atoms with Crippen molar-refractivity contribution in [3.63, 3.8) is 0 Å². The molecule has 88 valence electrons. The normalized spacial score (nSPS) is 21.0. The van der Waals surface area contributed by atoms with Crippen LogP contribution in [0.5, 0.6) is 0 Å². The second kappa shape index (κ2) is 4.39. The molecule has 16 heavy (non-hydrogen) atoms. The smallest absolute Gasteiger partial charge is 0.154 e. The second-order valence-electron chi connectivity index (χ2n) is 4.21. The van der Waals surface area contributed by atoms with Crippen LogP contribution in [0.15, 0.2) is 18.2 Å². The van der Waals surface area contributed by atoms with E-state index in [0.29, 0.717) is 6.42 Å². The molecule has 1 aliphatic heterocycles. The topological polar surface area (TPSA) is 32.7 Å². The third-order valence-electron chi connectivity index (χ3n) is 3.09. The van der Waals surface area contributed by atoms with E-state index >= 15 is 0 Å². The largest absolute Gasteiger partial charge is 0.374 e. The molecule has 3 nitrogen and oxygen atoms in total. The Balaban J connectivity index is 2.24. The number of halogens is 1. The van der Waals surface area contributed by atoms with Gasteiger partial charge in [0.25, 0.3) is 0 Å². The highest BCUT2D eigenvalue weighted by Gasteiger charge is 2.28. The van der Waals surface area contributed by atoms with Crippen LogP contribution in [0.4, 0.5) is 10.1 Å². The average molecular weight is 225 g/mol. The molecule has 2 atom stereocenters. The molecule has 1 N–H and O–H groups in total. The van der Waals surface area contributed by atoms with Gasteiger partial charge in [0.2, 0.25) is 0 Å². The fourth-order valence-electron chi connectivity index (χ4n) is 2.27. The molecule has 0 amide bonds. The zero-order valence-electron chi connectivity index (χ0n) is 9.48. The quantitative estimate of drug-likeness (QED) is 0.795. The SMILES string of the molecule is COC(O)CC1CN(C)c2ccc(F)cc21. The number of aliphatic hydroxyl groups is 1. The lowest BCUT2D eigenvalue weighted by atomic mass is 9.97. The highest BCUT2D eigenvalue weighted by molar-refractivity contribution is 5.59. The molecule has 0 aromatic heterocycles. The van der Waals surface area contributed by atoms with Gasteiger partial charge < -0.3 is 14.7 Å². The van der Waals surface area contributed by atoms with Gasteiger partial charge in [0.1, 0.15) is 5.82 Å². The highest BCUT2D eigenvalue weighted by atomic mass is 19.1. The van der Waals surface area contributed by atoms with Crippen molar-refractivity contribution in [3.8, 4) is 0 Å². The van der Waals surface area contributed by atoms with Gasteiger partial charge in [-0.1, -0.05) is 0 Å². The van der Waals surface area contributed by atoms with E-state index in [1.165, 1.54) is 13.2 Å². The van der Waals surface area contributed by atoms with Crippen LogP contribution in [0.1, 0.15) is 17.9 Å². The third kappa shape index (κ3) is 2.03. The summed E-state index contributed by atoms with van der Waals surface area (Å²) >= 11 is 0. The molecule has 1 aromatic rings. The van der Waals surface area contributed by atoms with Gasteiger partial charge in [-0.25, -0.2) is 4.39 Å². The zero-order valence-corrected chi connectivity index (χ0v) is 9.48. The minimum absolute atomic E-state index is 0.130. The number of ether oxygens (including phenoxy) is 1. The number of aliphatic hydroxyl groups excluding tert-OH is 1. The maximum Gasteiger partial charge on any atom is 0.154 e. The maximum atomic E-state index is 13.2. The summed E-state index contributed by atoms with van der Waals surface area (Å²) in [5, 5.41) is 9.46. The first kappa shape index (κ1) is 11.4. The Morgan fingerprint density at radius 3 is 3.06 bits per heavy atom. The van der Waals surface area contributed by atoms with E-state index in [4.69, 9.17) is 4.74 Å². The molecular formula is C12H16FNO2. The van der Waals surface area contributed by atoms with E-state index in [0.717, 1.165) is 17.8 Å². The number of hydrogen-bond donors (Lipinski definition) is 1. The summed E-state index contributed by atoms with van der Waals surface area (Å²) in [7, 11) is 3.44. The van der Waals surface area contributed by atoms with Crippen LogP contribution in [0.2, 0.25) is 0 Å². The van der Waals surface area contributed by atoms with Crippen molar-refractivity contribution < 1.29 is 14.2 Å². The first-order valence-electron chi connectivity index (χ1n) is 5.33. The van der Waals surface area contributed by atoms with Crippen LogP contribution in [-0.2, 0) is 4.74 Å². The van der Waals surface area contributed by atoms with Crippen LogP contribution in [0.25, 0.3) is 0 Å². The minimum Gasteiger partial charge on any atom is -0.374 e. The molecule has 1 aromatic carbocycles. The molecule has 2 unspecified atom stereocenters. The number of benzene rings is 1. The van der Waals surface area contributed by atoms with Crippen molar-refractivity contribution in [1.82, 2.24) is 0 Å². The summed E-state index contributed by atoms with van der Waals surface area (Å²) < 4.78 is 18.0. The van der Waals surface area contributed by atoms with Gasteiger partial charge in [-0.3, -0.25) is 0 Å². The van der Waals surface area contributed by atoms with Gasteiger partial charge in [0.05, 0.1) is 0 Å². The molecule has 0 bridgehead atoms. The Kier molecular flexibility index (Phi) is 3.12. The number of methoxy groups -OCH3 is 1. The summed E-state index contributed by atoms with van der Waals surface area (Å²) in [5.74, 6) is -0.100. The molecule has 2 rings (SSSR count). The lowest BCUT2D eigenvalue weighted by Crippen LogP contribution is -2.19. The van der Waals surface area contributed by atoms with Crippen molar-refractivity contribution in [2.45, 2.75) is 18.6 Å². The Bertz CT molecular complexity index is 383. The molecule has 0 radical (unpaired) electrons. The molecule has 1 heterocycles. The molecule has 0 aliphatic carbocycles.